The molecule has 3 rings (SSSR count). The second-order valence-electron chi connectivity index (χ2n) is 3.87. The van der Waals surface area contributed by atoms with Crippen LogP contribution in [0.3, 0.4) is 0 Å². The molecule has 0 unspecified atom stereocenters. The van der Waals surface area contributed by atoms with E-state index in [1.165, 1.54) is 0 Å². The number of aromatic carboxylic acids is 1. The monoisotopic (exact) mass is 291 g/mol. The number of aromatic nitrogens is 1. The molecule has 3 aromatic heterocycles. The summed E-state index contributed by atoms with van der Waals surface area (Å²) in [4.78, 5) is 11.1. The SMILES string of the molecule is O=C(O)c1sccc1OCc1cc(-c2ccco2)on1. The summed E-state index contributed by atoms with van der Waals surface area (Å²) in [5.74, 6) is 0.388. The number of furan rings is 1. The van der Waals surface area contributed by atoms with Gasteiger partial charge in [-0.2, -0.15) is 0 Å². The molecule has 3 aromatic rings. The number of rotatable bonds is 5. The van der Waals surface area contributed by atoms with Gasteiger partial charge in [0.25, 0.3) is 0 Å². The molecule has 3 heterocycles. The van der Waals surface area contributed by atoms with Crippen molar-refractivity contribution in [2.24, 2.45) is 0 Å². The smallest absolute Gasteiger partial charge is 0.349 e. The second kappa shape index (κ2) is 5.22. The Hall–Kier alpha value is -2.54. The number of ether oxygens (including phenoxy) is 1. The van der Waals surface area contributed by atoms with Crippen LogP contribution in [-0.4, -0.2) is 16.2 Å². The molecule has 0 atom stereocenters. The minimum atomic E-state index is -1.01. The molecule has 0 radical (unpaired) electrons. The zero-order valence-electron chi connectivity index (χ0n) is 10.1. The van der Waals surface area contributed by atoms with Crippen LogP contribution in [0.5, 0.6) is 5.75 Å². The lowest BCUT2D eigenvalue weighted by Gasteiger charge is -2.01. The van der Waals surface area contributed by atoms with Crippen molar-refractivity contribution in [3.63, 3.8) is 0 Å². The first kappa shape index (κ1) is 12.5. The molecule has 20 heavy (non-hydrogen) atoms. The van der Waals surface area contributed by atoms with Gasteiger partial charge in [0, 0.05) is 6.07 Å². The van der Waals surface area contributed by atoms with Gasteiger partial charge in [-0.3, -0.25) is 0 Å². The Labute approximate surface area is 117 Å². The lowest BCUT2D eigenvalue weighted by Crippen LogP contribution is -2.00. The van der Waals surface area contributed by atoms with Gasteiger partial charge < -0.3 is 18.8 Å². The minimum absolute atomic E-state index is 0.126. The van der Waals surface area contributed by atoms with Crippen molar-refractivity contribution in [1.29, 1.82) is 0 Å². The fraction of sp³-hybridized carbons (Fsp3) is 0.0769. The predicted molar refractivity (Wildman–Crippen MR) is 69.8 cm³/mol. The molecule has 0 spiro atoms. The van der Waals surface area contributed by atoms with E-state index >= 15 is 0 Å². The van der Waals surface area contributed by atoms with Crippen LogP contribution in [0.15, 0.2) is 44.8 Å². The summed E-state index contributed by atoms with van der Waals surface area (Å²) >= 11 is 1.11. The zero-order valence-corrected chi connectivity index (χ0v) is 10.9. The third-order valence-electron chi connectivity index (χ3n) is 2.52. The Kier molecular flexibility index (Phi) is 3.26. The maximum Gasteiger partial charge on any atom is 0.349 e. The molecular formula is C13H9NO5S. The first-order valence-electron chi connectivity index (χ1n) is 5.67. The summed E-state index contributed by atoms with van der Waals surface area (Å²) in [6, 6.07) is 6.80. The van der Waals surface area contributed by atoms with E-state index in [4.69, 9.17) is 18.8 Å². The van der Waals surface area contributed by atoms with Crippen LogP contribution in [-0.2, 0) is 6.61 Å². The van der Waals surface area contributed by atoms with Crippen LogP contribution in [0.4, 0.5) is 0 Å². The van der Waals surface area contributed by atoms with Crippen LogP contribution in [0, 0.1) is 0 Å². The van der Waals surface area contributed by atoms with E-state index in [2.05, 4.69) is 5.16 Å². The molecule has 0 aliphatic heterocycles. The van der Waals surface area contributed by atoms with Crippen LogP contribution in [0.2, 0.25) is 0 Å². The van der Waals surface area contributed by atoms with Gasteiger partial charge >= 0.3 is 5.97 Å². The van der Waals surface area contributed by atoms with Crippen molar-refractivity contribution in [3.8, 4) is 17.3 Å². The lowest BCUT2D eigenvalue weighted by molar-refractivity contribution is 0.0697. The summed E-state index contributed by atoms with van der Waals surface area (Å²) in [5.41, 5.74) is 0.555. The highest BCUT2D eigenvalue weighted by atomic mass is 32.1. The first-order valence-corrected chi connectivity index (χ1v) is 6.55. The van der Waals surface area contributed by atoms with Gasteiger partial charge in [-0.25, -0.2) is 4.79 Å². The summed E-state index contributed by atoms with van der Waals surface area (Å²) in [5, 5.41) is 14.5. The number of carboxylic acid groups (broad SMARTS) is 1. The van der Waals surface area contributed by atoms with E-state index in [0.717, 1.165) is 11.3 Å². The average Bonchev–Trinajstić information content (AvgIpc) is 3.16. The lowest BCUT2D eigenvalue weighted by atomic mass is 10.3. The maximum absolute atomic E-state index is 10.9. The van der Waals surface area contributed by atoms with E-state index in [-0.39, 0.29) is 11.5 Å². The Morgan fingerprint density at radius 1 is 1.40 bits per heavy atom. The number of carbonyl (C=O) groups is 1. The van der Waals surface area contributed by atoms with Crippen molar-refractivity contribution in [2.45, 2.75) is 6.61 Å². The van der Waals surface area contributed by atoms with Gasteiger partial charge in [-0.15, -0.1) is 11.3 Å². The molecule has 0 aliphatic rings. The van der Waals surface area contributed by atoms with Crippen molar-refractivity contribution in [2.75, 3.05) is 0 Å². The van der Waals surface area contributed by atoms with E-state index in [1.54, 1.807) is 35.9 Å². The van der Waals surface area contributed by atoms with Gasteiger partial charge in [0.15, 0.2) is 10.6 Å². The third-order valence-corrected chi connectivity index (χ3v) is 3.41. The molecule has 0 aromatic carbocycles. The van der Waals surface area contributed by atoms with E-state index < -0.39 is 5.97 Å². The zero-order chi connectivity index (χ0) is 13.9. The fourth-order valence-electron chi connectivity index (χ4n) is 1.63. The number of hydrogen-bond donors (Lipinski definition) is 1. The molecule has 102 valence electrons. The first-order chi connectivity index (χ1) is 9.74. The highest BCUT2D eigenvalue weighted by Gasteiger charge is 2.14. The number of carboxylic acids is 1. The average molecular weight is 291 g/mol. The van der Waals surface area contributed by atoms with Gasteiger partial charge in [-0.05, 0) is 23.6 Å². The third kappa shape index (κ3) is 2.43. The molecule has 0 amide bonds. The van der Waals surface area contributed by atoms with Crippen LogP contribution >= 0.6 is 11.3 Å². The highest BCUT2D eigenvalue weighted by molar-refractivity contribution is 7.12. The molecular weight excluding hydrogens is 282 g/mol. The largest absolute Gasteiger partial charge is 0.485 e. The topological polar surface area (TPSA) is 85.7 Å². The van der Waals surface area contributed by atoms with Gasteiger partial charge in [-0.1, -0.05) is 5.16 Å². The second-order valence-corrected chi connectivity index (χ2v) is 4.78. The minimum Gasteiger partial charge on any atom is -0.485 e. The van der Waals surface area contributed by atoms with Crippen LogP contribution in [0.25, 0.3) is 11.5 Å². The van der Waals surface area contributed by atoms with Crippen molar-refractivity contribution < 1.29 is 23.6 Å². The van der Waals surface area contributed by atoms with Crippen LogP contribution < -0.4 is 4.74 Å². The molecule has 0 saturated carbocycles. The molecule has 0 aliphatic carbocycles. The standard InChI is InChI=1S/C13H9NO5S/c15-13(16)12-10(3-5-20-12)18-7-8-6-11(19-14-8)9-2-1-4-17-9/h1-6H,7H2,(H,15,16). The van der Waals surface area contributed by atoms with Gasteiger partial charge in [0.1, 0.15) is 18.1 Å². The molecule has 0 fully saturated rings. The molecule has 1 N–H and O–H groups in total. The van der Waals surface area contributed by atoms with E-state index in [1.807, 2.05) is 0 Å². The van der Waals surface area contributed by atoms with Crippen LogP contribution in [0.1, 0.15) is 15.4 Å². The quantitative estimate of drug-likeness (QED) is 0.776. The van der Waals surface area contributed by atoms with E-state index in [0.29, 0.717) is 23.0 Å². The maximum atomic E-state index is 10.9. The number of nitrogens with zero attached hydrogens (tertiary/aromatic N) is 1. The van der Waals surface area contributed by atoms with Gasteiger partial charge in [0.05, 0.1) is 6.26 Å². The fourth-order valence-corrected chi connectivity index (χ4v) is 2.31. The number of hydrogen-bond acceptors (Lipinski definition) is 6. The highest BCUT2D eigenvalue weighted by Crippen LogP contribution is 2.26. The Balaban J connectivity index is 1.70. The Bertz CT molecular complexity index is 713. The summed E-state index contributed by atoms with van der Waals surface area (Å²) in [7, 11) is 0. The normalized spacial score (nSPS) is 10.6. The van der Waals surface area contributed by atoms with Crippen molar-refractivity contribution in [1.82, 2.24) is 5.16 Å². The van der Waals surface area contributed by atoms with Gasteiger partial charge in [0.2, 0.25) is 5.76 Å². The predicted octanol–water partition coefficient (Wildman–Crippen LogP) is 3.27. The molecule has 0 saturated heterocycles. The summed E-state index contributed by atoms with van der Waals surface area (Å²) in [6.45, 7) is 0.126. The van der Waals surface area contributed by atoms with Crippen molar-refractivity contribution >= 4 is 17.3 Å². The Morgan fingerprint density at radius 2 is 2.30 bits per heavy atom. The molecule has 0 bridgehead atoms. The van der Waals surface area contributed by atoms with Crippen molar-refractivity contribution in [3.05, 3.63) is 46.5 Å². The number of thiophene rings is 1. The van der Waals surface area contributed by atoms with E-state index in [9.17, 15) is 4.79 Å². The summed E-state index contributed by atoms with van der Waals surface area (Å²) in [6.07, 6.45) is 1.54. The molecule has 7 heteroatoms. The molecule has 6 nitrogen and oxygen atoms in total. The summed E-state index contributed by atoms with van der Waals surface area (Å²) < 4.78 is 15.7. The Morgan fingerprint density at radius 3 is 3.05 bits per heavy atom.